The predicted molar refractivity (Wildman–Crippen MR) is 89.0 cm³/mol. The molecule has 0 aromatic carbocycles. The van der Waals surface area contributed by atoms with Gasteiger partial charge in [-0.05, 0) is 43.9 Å². The van der Waals surface area contributed by atoms with Gasteiger partial charge in [0.05, 0.1) is 38.7 Å². The molecule has 0 saturated heterocycles. The van der Waals surface area contributed by atoms with Crippen molar-refractivity contribution >= 4 is 5.97 Å². The van der Waals surface area contributed by atoms with Crippen LogP contribution in [0.1, 0.15) is 67.2 Å². The molecule has 1 aromatic rings. The van der Waals surface area contributed by atoms with E-state index in [-0.39, 0.29) is 11.4 Å². The molecule has 0 spiro atoms. The third-order valence-electron chi connectivity index (χ3n) is 5.35. The van der Waals surface area contributed by atoms with Crippen LogP contribution >= 0.6 is 0 Å². The Bertz CT molecular complexity index is 588. The van der Waals surface area contributed by atoms with Crippen LogP contribution in [0.3, 0.4) is 0 Å². The van der Waals surface area contributed by atoms with Gasteiger partial charge in [0.1, 0.15) is 0 Å². The van der Waals surface area contributed by atoms with Crippen LogP contribution < -0.4 is 0 Å². The number of hydrogen-bond donors (Lipinski definition) is 0. The predicted octanol–water partition coefficient (Wildman–Crippen LogP) is 2.90. The van der Waals surface area contributed by atoms with Crippen LogP contribution in [0.5, 0.6) is 0 Å². The third-order valence-corrected chi connectivity index (χ3v) is 5.35. The summed E-state index contributed by atoms with van der Waals surface area (Å²) in [6.07, 6.45) is 4.29. The molecule has 1 saturated carbocycles. The summed E-state index contributed by atoms with van der Waals surface area (Å²) in [5, 5.41) is 4.55. The maximum absolute atomic E-state index is 12.4. The Balaban J connectivity index is 1.86. The molecular formula is C18H28N2O4. The van der Waals surface area contributed by atoms with Gasteiger partial charge in [0.25, 0.3) is 0 Å². The van der Waals surface area contributed by atoms with Crippen LogP contribution in [-0.4, -0.2) is 42.7 Å². The highest BCUT2D eigenvalue weighted by Gasteiger charge is 2.37. The van der Waals surface area contributed by atoms with Crippen molar-refractivity contribution in [1.29, 1.82) is 0 Å². The van der Waals surface area contributed by atoms with Crippen molar-refractivity contribution < 1.29 is 19.0 Å². The molecule has 0 atom stereocenters. The topological polar surface area (TPSA) is 62.6 Å². The summed E-state index contributed by atoms with van der Waals surface area (Å²) in [6, 6.07) is 0. The summed E-state index contributed by atoms with van der Waals surface area (Å²) in [7, 11) is 1.77. The van der Waals surface area contributed by atoms with Crippen molar-refractivity contribution in [3.63, 3.8) is 0 Å². The van der Waals surface area contributed by atoms with E-state index in [0.717, 1.165) is 43.5 Å². The van der Waals surface area contributed by atoms with E-state index >= 15 is 0 Å². The molecule has 3 rings (SSSR count). The van der Waals surface area contributed by atoms with Gasteiger partial charge in [-0.2, -0.15) is 5.10 Å². The lowest BCUT2D eigenvalue weighted by atomic mass is 9.70. The van der Waals surface area contributed by atoms with E-state index in [4.69, 9.17) is 14.2 Å². The minimum Gasteiger partial charge on any atom is -0.461 e. The van der Waals surface area contributed by atoms with E-state index < -0.39 is 0 Å². The third kappa shape index (κ3) is 3.35. The minimum absolute atomic E-state index is 0.235. The van der Waals surface area contributed by atoms with Crippen molar-refractivity contribution in [2.45, 2.75) is 58.6 Å². The Morgan fingerprint density at radius 2 is 2.17 bits per heavy atom. The SMILES string of the molecule is CCOC(=O)c1nn2c(c1[C@H]1CC[C@@](C)(COC)CC1)COCC2. The second-order valence-corrected chi connectivity index (χ2v) is 7.22. The molecule has 2 aliphatic rings. The number of rotatable bonds is 5. The maximum Gasteiger partial charge on any atom is 0.359 e. The minimum atomic E-state index is -0.306. The average Bonchev–Trinajstić information content (AvgIpc) is 2.95. The molecule has 6 nitrogen and oxygen atoms in total. The molecule has 1 aromatic heterocycles. The van der Waals surface area contributed by atoms with Crippen molar-refractivity contribution in [3.05, 3.63) is 17.0 Å². The summed E-state index contributed by atoms with van der Waals surface area (Å²) in [6.45, 7) is 7.16. The van der Waals surface area contributed by atoms with Crippen molar-refractivity contribution in [2.75, 3.05) is 26.9 Å². The van der Waals surface area contributed by atoms with Gasteiger partial charge >= 0.3 is 5.97 Å². The number of aromatic nitrogens is 2. The van der Waals surface area contributed by atoms with Gasteiger partial charge in [-0.25, -0.2) is 4.79 Å². The van der Waals surface area contributed by atoms with Gasteiger partial charge in [0, 0.05) is 12.7 Å². The Hall–Kier alpha value is -1.40. The largest absolute Gasteiger partial charge is 0.461 e. The normalized spacial score (nSPS) is 26.9. The molecular weight excluding hydrogens is 308 g/mol. The van der Waals surface area contributed by atoms with Gasteiger partial charge in [-0.1, -0.05) is 6.92 Å². The van der Waals surface area contributed by atoms with E-state index in [1.165, 1.54) is 0 Å². The number of hydrogen-bond acceptors (Lipinski definition) is 5. The van der Waals surface area contributed by atoms with Gasteiger partial charge in [0.15, 0.2) is 5.69 Å². The van der Waals surface area contributed by atoms with Crippen molar-refractivity contribution in [2.24, 2.45) is 5.41 Å². The number of ether oxygens (including phenoxy) is 3. The maximum atomic E-state index is 12.4. The number of fused-ring (bicyclic) bond motifs is 1. The lowest BCUT2D eigenvalue weighted by Crippen LogP contribution is -2.29. The van der Waals surface area contributed by atoms with Crippen molar-refractivity contribution in [1.82, 2.24) is 9.78 Å². The Morgan fingerprint density at radius 1 is 1.42 bits per heavy atom. The molecule has 24 heavy (non-hydrogen) atoms. The van der Waals surface area contributed by atoms with Crippen LogP contribution in [0.2, 0.25) is 0 Å². The highest BCUT2D eigenvalue weighted by molar-refractivity contribution is 5.89. The van der Waals surface area contributed by atoms with Gasteiger partial charge in [0.2, 0.25) is 0 Å². The van der Waals surface area contributed by atoms with E-state index in [1.807, 2.05) is 11.6 Å². The monoisotopic (exact) mass is 336 g/mol. The van der Waals surface area contributed by atoms with Gasteiger partial charge in [-0.15, -0.1) is 0 Å². The number of carbonyl (C=O) groups is 1. The standard InChI is InChI=1S/C18H28N2O4/c1-4-24-17(21)16-15(14-11-23-10-9-20(14)19-16)13-5-7-18(2,8-6-13)12-22-3/h13H,4-12H2,1-3H3/t13-,18+. The first-order chi connectivity index (χ1) is 11.6. The molecule has 6 heteroatoms. The fourth-order valence-electron chi connectivity index (χ4n) is 4.04. The fourth-order valence-corrected chi connectivity index (χ4v) is 4.04. The number of esters is 1. The van der Waals surface area contributed by atoms with Crippen LogP contribution in [0.4, 0.5) is 0 Å². The summed E-state index contributed by atoms with van der Waals surface area (Å²) in [5.41, 5.74) is 2.86. The van der Waals surface area contributed by atoms with E-state index in [0.29, 0.717) is 38.0 Å². The summed E-state index contributed by atoms with van der Waals surface area (Å²) >= 11 is 0. The molecule has 1 fully saturated rings. The molecule has 1 aliphatic heterocycles. The second kappa shape index (κ2) is 7.23. The highest BCUT2D eigenvalue weighted by atomic mass is 16.5. The van der Waals surface area contributed by atoms with E-state index in [1.54, 1.807) is 7.11 Å². The van der Waals surface area contributed by atoms with Gasteiger partial charge < -0.3 is 14.2 Å². The lowest BCUT2D eigenvalue weighted by Gasteiger charge is -2.37. The van der Waals surface area contributed by atoms with Crippen molar-refractivity contribution in [3.8, 4) is 0 Å². The Labute approximate surface area is 143 Å². The lowest BCUT2D eigenvalue weighted by molar-refractivity contribution is 0.0507. The molecule has 134 valence electrons. The number of nitrogens with zero attached hydrogens (tertiary/aromatic N) is 2. The zero-order chi connectivity index (χ0) is 17.2. The molecule has 0 unspecified atom stereocenters. The Morgan fingerprint density at radius 3 is 2.83 bits per heavy atom. The van der Waals surface area contributed by atoms with Gasteiger partial charge in [-0.3, -0.25) is 4.68 Å². The number of methoxy groups -OCH3 is 1. The highest BCUT2D eigenvalue weighted by Crippen LogP contribution is 2.45. The van der Waals surface area contributed by atoms with Crippen LogP contribution in [0.25, 0.3) is 0 Å². The molecule has 0 bridgehead atoms. The van der Waals surface area contributed by atoms with E-state index in [9.17, 15) is 4.79 Å². The number of carbonyl (C=O) groups excluding carboxylic acids is 1. The molecule has 2 heterocycles. The van der Waals surface area contributed by atoms with Crippen LogP contribution in [0, 0.1) is 5.41 Å². The first-order valence-corrected chi connectivity index (χ1v) is 8.91. The van der Waals surface area contributed by atoms with E-state index in [2.05, 4.69) is 12.0 Å². The molecule has 1 aliphatic carbocycles. The zero-order valence-electron chi connectivity index (χ0n) is 15.0. The Kier molecular flexibility index (Phi) is 5.25. The first-order valence-electron chi connectivity index (χ1n) is 8.91. The summed E-state index contributed by atoms with van der Waals surface area (Å²) in [4.78, 5) is 12.4. The fraction of sp³-hybridized carbons (Fsp3) is 0.778. The summed E-state index contributed by atoms with van der Waals surface area (Å²) < 4.78 is 18.2. The smallest absolute Gasteiger partial charge is 0.359 e. The average molecular weight is 336 g/mol. The zero-order valence-corrected chi connectivity index (χ0v) is 15.0. The molecule has 0 radical (unpaired) electrons. The first kappa shape index (κ1) is 17.4. The summed E-state index contributed by atoms with van der Waals surface area (Å²) in [5.74, 6) is 0.0411. The second-order valence-electron chi connectivity index (χ2n) is 7.22. The molecule has 0 N–H and O–H groups in total. The quantitative estimate of drug-likeness (QED) is 0.774. The van der Waals surface area contributed by atoms with Crippen LogP contribution in [-0.2, 0) is 27.4 Å². The molecule has 0 amide bonds. The van der Waals surface area contributed by atoms with Crippen LogP contribution in [0.15, 0.2) is 0 Å².